The van der Waals surface area contributed by atoms with Gasteiger partial charge >= 0.3 is 6.18 Å². The molecule has 0 spiro atoms. The third kappa shape index (κ3) is 7.02. The predicted octanol–water partition coefficient (Wildman–Crippen LogP) is 7.51. The lowest BCUT2D eigenvalue weighted by atomic mass is 9.86. The molecule has 7 nitrogen and oxygen atoms in total. The van der Waals surface area contributed by atoms with E-state index in [2.05, 4.69) is 20.3 Å². The van der Waals surface area contributed by atoms with Gasteiger partial charge in [0.1, 0.15) is 11.7 Å². The number of hydrogen-bond acceptors (Lipinski definition) is 5. The number of piperidine rings is 1. The average Bonchev–Trinajstić information content (AvgIpc) is 2.94. The summed E-state index contributed by atoms with van der Waals surface area (Å²) in [6, 6.07) is 13.5. The van der Waals surface area contributed by atoms with Crippen molar-refractivity contribution in [1.82, 2.24) is 15.0 Å². The Morgan fingerprint density at radius 2 is 1.66 bits per heavy atom. The van der Waals surface area contributed by atoms with Gasteiger partial charge in [0, 0.05) is 53.8 Å². The second-order valence-electron chi connectivity index (χ2n) is 9.98. The van der Waals surface area contributed by atoms with E-state index in [1.54, 1.807) is 0 Å². The molecule has 1 saturated heterocycles. The number of likely N-dealkylation sites (tertiary alicyclic amines) is 1. The standard InChI is InChI=1S/C29H24Cl2F3N5O2/c30-23-15-36-27(37-16-23)20-3-1-18(2-4-20)17-39(41)11-8-19(9-12-39)24-14-22(29(32,33)34)5-6-25(24)38-28(40)21-7-10-35-26(31)13-21/h1-7,10,13-16,19H,8-9,11-12,17H2,(H,38,40). The number of rotatable bonds is 6. The molecule has 1 N–H and O–H groups in total. The van der Waals surface area contributed by atoms with E-state index in [1.165, 1.54) is 36.8 Å². The Balaban J connectivity index is 1.30. The van der Waals surface area contributed by atoms with Crippen LogP contribution in [0.25, 0.3) is 11.4 Å². The number of anilines is 1. The van der Waals surface area contributed by atoms with E-state index in [1.807, 2.05) is 24.3 Å². The molecule has 0 aliphatic carbocycles. The summed E-state index contributed by atoms with van der Waals surface area (Å²) in [6.07, 6.45) is 0.575. The summed E-state index contributed by atoms with van der Waals surface area (Å²) in [5.41, 5.74) is 1.66. The van der Waals surface area contributed by atoms with Gasteiger partial charge in [-0.05, 0) is 41.8 Å². The summed E-state index contributed by atoms with van der Waals surface area (Å²) in [4.78, 5) is 25.1. The smallest absolute Gasteiger partial charge is 0.416 e. The van der Waals surface area contributed by atoms with Gasteiger partial charge in [-0.15, -0.1) is 0 Å². The zero-order chi connectivity index (χ0) is 29.2. The molecule has 0 unspecified atom stereocenters. The highest BCUT2D eigenvalue weighted by molar-refractivity contribution is 6.30. The fourth-order valence-corrected chi connectivity index (χ4v) is 5.26. The molecule has 12 heteroatoms. The van der Waals surface area contributed by atoms with E-state index in [0.717, 1.165) is 23.3 Å². The molecule has 212 valence electrons. The lowest BCUT2D eigenvalue weighted by molar-refractivity contribution is -0.899. The molecule has 4 aromatic rings. The Morgan fingerprint density at radius 1 is 0.976 bits per heavy atom. The molecule has 0 atom stereocenters. The molecule has 1 amide bonds. The highest BCUT2D eigenvalue weighted by Crippen LogP contribution is 2.40. The van der Waals surface area contributed by atoms with Gasteiger partial charge in [0.05, 0.1) is 23.7 Å². The van der Waals surface area contributed by atoms with E-state index >= 15 is 0 Å². The van der Waals surface area contributed by atoms with Crippen LogP contribution in [-0.2, 0) is 12.7 Å². The largest absolute Gasteiger partial charge is 0.633 e. The third-order valence-corrected chi connectivity index (χ3v) is 7.53. The molecular formula is C29H24Cl2F3N5O2. The number of hydrogen-bond donors (Lipinski definition) is 1. The Bertz CT molecular complexity index is 1540. The summed E-state index contributed by atoms with van der Waals surface area (Å²) >= 11 is 11.7. The Morgan fingerprint density at radius 3 is 2.29 bits per heavy atom. The van der Waals surface area contributed by atoms with Gasteiger partial charge in [-0.1, -0.05) is 47.5 Å². The van der Waals surface area contributed by atoms with Gasteiger partial charge in [0.2, 0.25) is 0 Å². The molecule has 0 radical (unpaired) electrons. The number of benzene rings is 2. The summed E-state index contributed by atoms with van der Waals surface area (Å²) < 4.78 is 40.3. The van der Waals surface area contributed by atoms with Crippen LogP contribution in [0.1, 0.15) is 45.8 Å². The van der Waals surface area contributed by atoms with Crippen molar-refractivity contribution in [2.45, 2.75) is 31.5 Å². The van der Waals surface area contributed by atoms with Crippen molar-refractivity contribution in [1.29, 1.82) is 0 Å². The molecule has 2 aromatic carbocycles. The SMILES string of the molecule is O=C(Nc1ccc(C(F)(F)F)cc1C1CC[N+]([O-])(Cc2ccc(-c3ncc(Cl)cn3)cc2)CC1)c1ccnc(Cl)c1. The van der Waals surface area contributed by atoms with Crippen LogP contribution < -0.4 is 5.32 Å². The third-order valence-electron chi connectivity index (χ3n) is 7.13. The van der Waals surface area contributed by atoms with Crippen molar-refractivity contribution < 1.29 is 22.6 Å². The van der Waals surface area contributed by atoms with Crippen molar-refractivity contribution in [2.24, 2.45) is 0 Å². The topological polar surface area (TPSA) is 90.8 Å². The van der Waals surface area contributed by atoms with Gasteiger partial charge in [0.15, 0.2) is 5.82 Å². The van der Waals surface area contributed by atoms with Crippen LogP contribution in [-0.4, -0.2) is 38.6 Å². The van der Waals surface area contributed by atoms with Crippen LogP contribution in [0.5, 0.6) is 0 Å². The Labute approximate surface area is 244 Å². The number of halogens is 5. The first-order valence-electron chi connectivity index (χ1n) is 12.8. The first-order valence-corrected chi connectivity index (χ1v) is 13.5. The first kappa shape index (κ1) is 28.9. The maximum atomic E-state index is 13.6. The number of carbonyl (C=O) groups excluding carboxylic acids is 1. The summed E-state index contributed by atoms with van der Waals surface area (Å²) in [5, 5.41) is 16.9. The number of nitrogens with zero attached hydrogens (tertiary/aromatic N) is 4. The highest BCUT2D eigenvalue weighted by atomic mass is 35.5. The predicted molar refractivity (Wildman–Crippen MR) is 150 cm³/mol. The van der Waals surface area contributed by atoms with Crippen LogP contribution in [0.2, 0.25) is 10.2 Å². The average molecular weight is 602 g/mol. The molecule has 1 fully saturated rings. The molecule has 0 bridgehead atoms. The zero-order valence-corrected chi connectivity index (χ0v) is 23.0. The lowest BCUT2D eigenvalue weighted by Gasteiger charge is -2.47. The molecule has 2 aromatic heterocycles. The number of aromatic nitrogens is 3. The molecule has 5 rings (SSSR count). The van der Waals surface area contributed by atoms with E-state index in [4.69, 9.17) is 23.2 Å². The highest BCUT2D eigenvalue weighted by Gasteiger charge is 2.34. The molecule has 1 aliphatic heterocycles. The Hall–Kier alpha value is -3.57. The van der Waals surface area contributed by atoms with Crippen molar-refractivity contribution >= 4 is 34.8 Å². The van der Waals surface area contributed by atoms with E-state index in [0.29, 0.717) is 29.3 Å². The van der Waals surface area contributed by atoms with Crippen molar-refractivity contribution in [2.75, 3.05) is 18.4 Å². The molecule has 3 heterocycles. The van der Waals surface area contributed by atoms with Crippen LogP contribution in [0.15, 0.2) is 73.2 Å². The van der Waals surface area contributed by atoms with Crippen LogP contribution in [0.3, 0.4) is 0 Å². The van der Waals surface area contributed by atoms with Gasteiger partial charge in [-0.25, -0.2) is 15.0 Å². The van der Waals surface area contributed by atoms with E-state index < -0.39 is 22.3 Å². The number of alkyl halides is 3. The van der Waals surface area contributed by atoms with E-state index in [9.17, 15) is 23.2 Å². The Kier molecular flexibility index (Phi) is 8.28. The number of quaternary nitrogens is 1. The van der Waals surface area contributed by atoms with E-state index in [-0.39, 0.29) is 42.0 Å². The maximum Gasteiger partial charge on any atom is 0.416 e. The van der Waals surface area contributed by atoms with Crippen molar-refractivity contribution in [3.8, 4) is 11.4 Å². The minimum absolute atomic E-state index is 0.120. The molecular weight excluding hydrogens is 578 g/mol. The minimum atomic E-state index is -4.55. The first-order chi connectivity index (χ1) is 19.5. The van der Waals surface area contributed by atoms with Crippen LogP contribution >= 0.6 is 23.2 Å². The lowest BCUT2D eigenvalue weighted by Crippen LogP contribution is -2.47. The molecule has 1 aliphatic rings. The quantitative estimate of drug-likeness (QED) is 0.140. The van der Waals surface area contributed by atoms with Crippen molar-refractivity contribution in [3.05, 3.63) is 111 Å². The van der Waals surface area contributed by atoms with Crippen LogP contribution in [0, 0.1) is 5.21 Å². The summed E-state index contributed by atoms with van der Waals surface area (Å²) in [7, 11) is 0. The zero-order valence-electron chi connectivity index (χ0n) is 21.5. The number of amides is 1. The van der Waals surface area contributed by atoms with Gasteiger partial charge in [0.25, 0.3) is 5.91 Å². The van der Waals surface area contributed by atoms with Gasteiger partial charge in [-0.2, -0.15) is 13.2 Å². The minimum Gasteiger partial charge on any atom is -0.633 e. The van der Waals surface area contributed by atoms with Gasteiger partial charge in [-0.3, -0.25) is 4.79 Å². The van der Waals surface area contributed by atoms with Crippen molar-refractivity contribution in [3.63, 3.8) is 0 Å². The van der Waals surface area contributed by atoms with Gasteiger partial charge < -0.3 is 15.2 Å². The van der Waals surface area contributed by atoms with Crippen LogP contribution in [0.4, 0.5) is 18.9 Å². The fourth-order valence-electron chi connectivity index (χ4n) is 4.99. The second-order valence-corrected chi connectivity index (χ2v) is 10.8. The summed E-state index contributed by atoms with van der Waals surface area (Å²) in [5.74, 6) is -0.338. The normalized spacial score (nSPS) is 19.1. The molecule has 0 saturated carbocycles. The second kappa shape index (κ2) is 11.7. The number of nitrogens with one attached hydrogen (secondary N) is 1. The maximum absolute atomic E-state index is 13.6. The number of pyridine rings is 1. The monoisotopic (exact) mass is 601 g/mol. The summed E-state index contributed by atoms with van der Waals surface area (Å²) in [6.45, 7) is 0.663. The number of hydroxylamine groups is 3. The number of carbonyl (C=O) groups is 1. The fraction of sp³-hybridized carbons (Fsp3) is 0.241. The molecule has 41 heavy (non-hydrogen) atoms.